The van der Waals surface area contributed by atoms with Gasteiger partial charge in [0.05, 0.1) is 17.0 Å². The Kier molecular flexibility index (Phi) is 5.83. The third kappa shape index (κ3) is 4.37. The lowest BCUT2D eigenvalue weighted by Gasteiger charge is -2.16. The van der Waals surface area contributed by atoms with Gasteiger partial charge in [-0.1, -0.05) is 30.3 Å². The van der Waals surface area contributed by atoms with E-state index in [9.17, 15) is 4.21 Å². The normalized spacial score (nSPS) is 12.3. The zero-order valence-corrected chi connectivity index (χ0v) is 17.6. The molecule has 1 atom stereocenters. The summed E-state index contributed by atoms with van der Waals surface area (Å²) in [6.45, 7) is 4.18. The predicted molar refractivity (Wildman–Crippen MR) is 121 cm³/mol. The molecule has 0 saturated carbocycles. The molecule has 0 saturated heterocycles. The van der Waals surface area contributed by atoms with Crippen molar-refractivity contribution in [3.05, 3.63) is 72.6 Å². The van der Waals surface area contributed by atoms with Crippen LogP contribution in [0.3, 0.4) is 0 Å². The number of fused-ring (bicyclic) bond motifs is 1. The molecule has 0 amide bonds. The second-order valence-corrected chi connectivity index (χ2v) is 8.29. The van der Waals surface area contributed by atoms with Crippen molar-refractivity contribution in [3.8, 4) is 22.4 Å². The molecule has 0 aliphatic heterocycles. The van der Waals surface area contributed by atoms with Gasteiger partial charge in [-0.2, -0.15) is 0 Å². The Labute approximate surface area is 177 Å². The molecule has 0 fully saturated rings. The Hall–Kier alpha value is -3.16. The Morgan fingerprint density at radius 3 is 2.43 bits per heavy atom. The van der Waals surface area contributed by atoms with E-state index >= 15 is 0 Å². The lowest BCUT2D eigenvalue weighted by Crippen LogP contribution is -2.12. The molecule has 152 valence electrons. The second kappa shape index (κ2) is 8.69. The minimum atomic E-state index is -1.84. The van der Waals surface area contributed by atoms with E-state index in [-0.39, 0.29) is 11.8 Å². The van der Waals surface area contributed by atoms with Gasteiger partial charge < -0.3 is 9.87 Å². The van der Waals surface area contributed by atoms with E-state index in [1.807, 2.05) is 42.5 Å². The van der Waals surface area contributed by atoms with Crippen LogP contribution in [0.15, 0.2) is 67.0 Å². The van der Waals surface area contributed by atoms with Gasteiger partial charge in [0.25, 0.3) is 0 Å². The molecule has 2 aromatic heterocycles. The summed E-state index contributed by atoms with van der Waals surface area (Å²) in [7, 11) is 0. The van der Waals surface area contributed by atoms with Crippen LogP contribution in [0.5, 0.6) is 0 Å². The Bertz CT molecular complexity index is 1200. The van der Waals surface area contributed by atoms with Crippen molar-refractivity contribution in [2.75, 3.05) is 5.32 Å². The van der Waals surface area contributed by atoms with Crippen molar-refractivity contribution in [1.82, 2.24) is 15.2 Å². The van der Waals surface area contributed by atoms with Gasteiger partial charge in [0, 0.05) is 29.4 Å². The Morgan fingerprint density at radius 1 is 1.00 bits per heavy atom. The molecule has 0 spiro atoms. The highest BCUT2D eigenvalue weighted by Crippen LogP contribution is 2.34. The number of benzene rings is 2. The van der Waals surface area contributed by atoms with Gasteiger partial charge in [0.15, 0.2) is 11.1 Å². The van der Waals surface area contributed by atoms with Crippen molar-refractivity contribution < 1.29 is 8.76 Å². The lowest BCUT2D eigenvalue weighted by molar-refractivity contribution is 0.563. The first-order valence-corrected chi connectivity index (χ1v) is 10.9. The number of hydrogen-bond acceptors (Lipinski definition) is 5. The van der Waals surface area contributed by atoms with Crippen LogP contribution in [0.2, 0.25) is 0 Å². The summed E-state index contributed by atoms with van der Waals surface area (Å²) in [6, 6.07) is 17.9. The van der Waals surface area contributed by atoms with Crippen molar-refractivity contribution in [2.45, 2.75) is 25.6 Å². The van der Waals surface area contributed by atoms with Gasteiger partial charge in [0.1, 0.15) is 5.69 Å². The monoisotopic (exact) mass is 418 g/mol. The topological polar surface area (TPSA) is 88.0 Å². The minimum absolute atomic E-state index is 0.130. The number of hydrogen-bond donors (Lipinski definition) is 2. The first-order valence-electron chi connectivity index (χ1n) is 9.65. The number of nitrogens with one attached hydrogen (secondary N) is 1. The molecular formula is C23H22N4O2S. The van der Waals surface area contributed by atoms with Gasteiger partial charge in [-0.25, -0.2) is 4.21 Å². The first kappa shape index (κ1) is 20.1. The highest BCUT2D eigenvalue weighted by molar-refractivity contribution is 7.78. The van der Waals surface area contributed by atoms with Gasteiger partial charge in [-0.05, 0) is 54.8 Å². The Morgan fingerprint density at radius 2 is 1.77 bits per heavy atom. The lowest BCUT2D eigenvalue weighted by atomic mass is 10.0. The third-order valence-corrected chi connectivity index (χ3v) is 5.29. The quantitative estimate of drug-likeness (QED) is 0.433. The van der Waals surface area contributed by atoms with Crippen LogP contribution in [-0.4, -0.2) is 30.0 Å². The summed E-state index contributed by atoms with van der Waals surface area (Å²) in [5, 5.41) is 13.5. The molecule has 0 radical (unpaired) electrons. The molecule has 7 heteroatoms. The predicted octanol–water partition coefficient (Wildman–Crippen LogP) is 4.90. The summed E-state index contributed by atoms with van der Waals surface area (Å²) in [5.74, 6) is 0.130. The fourth-order valence-electron chi connectivity index (χ4n) is 3.36. The molecule has 6 nitrogen and oxygen atoms in total. The molecule has 1 unspecified atom stereocenters. The van der Waals surface area contributed by atoms with Gasteiger partial charge in [-0.15, -0.1) is 10.2 Å². The summed E-state index contributed by atoms with van der Waals surface area (Å²) < 4.78 is 20.0. The van der Waals surface area contributed by atoms with Crippen LogP contribution >= 0.6 is 0 Å². The zero-order chi connectivity index (χ0) is 21.1. The molecule has 2 N–H and O–H groups in total. The fourth-order valence-corrected chi connectivity index (χ4v) is 3.84. The number of anilines is 1. The van der Waals surface area contributed by atoms with Crippen molar-refractivity contribution in [3.63, 3.8) is 0 Å². The molecule has 30 heavy (non-hydrogen) atoms. The van der Waals surface area contributed by atoms with Crippen LogP contribution in [0.4, 0.5) is 5.69 Å². The molecule has 0 aliphatic carbocycles. The highest BCUT2D eigenvalue weighted by atomic mass is 32.2. The highest BCUT2D eigenvalue weighted by Gasteiger charge is 2.14. The number of pyridine rings is 1. The molecule has 0 bridgehead atoms. The average Bonchev–Trinajstić information content (AvgIpc) is 2.74. The molecule has 4 rings (SSSR count). The van der Waals surface area contributed by atoms with Crippen LogP contribution in [0, 0.1) is 0 Å². The number of rotatable bonds is 6. The van der Waals surface area contributed by atoms with Crippen molar-refractivity contribution in [1.29, 1.82) is 0 Å². The maximum Gasteiger partial charge on any atom is 0.157 e. The summed E-state index contributed by atoms with van der Waals surface area (Å²) in [4.78, 5) is 4.21. The molecule has 2 heterocycles. The standard InChI is InChI=1S/C23H22N4O2S/c1-15(2)25-23-20-10-9-18(17-7-5-16(6-8-17)14-30(28)29)12-21(20)26-27-22(23)19-4-3-11-24-13-19/h3-13,15H,14H2,1-2H3,(H,25,26)(H,28,29). The van der Waals surface area contributed by atoms with E-state index < -0.39 is 11.1 Å². The molecule has 2 aromatic carbocycles. The van der Waals surface area contributed by atoms with E-state index in [1.54, 1.807) is 12.4 Å². The van der Waals surface area contributed by atoms with E-state index in [1.165, 1.54) is 0 Å². The number of nitrogens with zero attached hydrogens (tertiary/aromatic N) is 3. The van der Waals surface area contributed by atoms with Crippen molar-refractivity contribution in [2.24, 2.45) is 0 Å². The van der Waals surface area contributed by atoms with E-state index in [0.717, 1.165) is 44.5 Å². The second-order valence-electron chi connectivity index (χ2n) is 7.36. The zero-order valence-electron chi connectivity index (χ0n) is 16.7. The van der Waals surface area contributed by atoms with Gasteiger partial charge in [-0.3, -0.25) is 4.98 Å². The van der Waals surface area contributed by atoms with E-state index in [0.29, 0.717) is 0 Å². The largest absolute Gasteiger partial charge is 0.380 e. The summed E-state index contributed by atoms with van der Waals surface area (Å²) >= 11 is -1.84. The maximum atomic E-state index is 11.0. The summed E-state index contributed by atoms with van der Waals surface area (Å²) in [6.07, 6.45) is 3.53. The SMILES string of the molecule is CC(C)Nc1c(-c2cccnc2)nnc2cc(-c3ccc(CS(=O)O)cc3)ccc12. The van der Waals surface area contributed by atoms with Crippen LogP contribution in [0.25, 0.3) is 33.3 Å². The minimum Gasteiger partial charge on any atom is -0.380 e. The first-order chi connectivity index (χ1) is 14.5. The molecule has 0 aliphatic rings. The fraction of sp³-hybridized carbons (Fsp3) is 0.174. The molecule has 4 aromatic rings. The van der Waals surface area contributed by atoms with E-state index in [2.05, 4.69) is 46.5 Å². The number of aromatic nitrogens is 3. The maximum absolute atomic E-state index is 11.0. The van der Waals surface area contributed by atoms with Crippen LogP contribution < -0.4 is 5.32 Å². The third-order valence-electron chi connectivity index (χ3n) is 4.71. The average molecular weight is 419 g/mol. The van der Waals surface area contributed by atoms with Crippen LogP contribution in [0.1, 0.15) is 19.4 Å². The molecular weight excluding hydrogens is 396 g/mol. The smallest absolute Gasteiger partial charge is 0.157 e. The van der Waals surface area contributed by atoms with Crippen LogP contribution in [-0.2, 0) is 16.8 Å². The van der Waals surface area contributed by atoms with Gasteiger partial charge in [0.2, 0.25) is 0 Å². The van der Waals surface area contributed by atoms with Gasteiger partial charge >= 0.3 is 0 Å². The van der Waals surface area contributed by atoms with Crippen molar-refractivity contribution >= 4 is 27.7 Å². The Balaban J connectivity index is 1.77. The van der Waals surface area contributed by atoms with E-state index in [4.69, 9.17) is 4.55 Å². The summed E-state index contributed by atoms with van der Waals surface area (Å²) in [5.41, 5.74) is 6.28.